The van der Waals surface area contributed by atoms with Crippen molar-refractivity contribution < 1.29 is 24.2 Å². The Bertz CT molecular complexity index is 880. The second-order valence-electron chi connectivity index (χ2n) is 6.18. The summed E-state index contributed by atoms with van der Waals surface area (Å²) in [6.45, 7) is 2.58. The predicted octanol–water partition coefficient (Wildman–Crippen LogP) is 2.78. The molecule has 0 saturated carbocycles. The number of carboxylic acid groups (broad SMARTS) is 1. The lowest BCUT2D eigenvalue weighted by Gasteiger charge is -2.20. The lowest BCUT2D eigenvalue weighted by atomic mass is 10.1. The van der Waals surface area contributed by atoms with Gasteiger partial charge in [-0.1, -0.05) is 18.2 Å². The van der Waals surface area contributed by atoms with Gasteiger partial charge < -0.3 is 20.1 Å². The van der Waals surface area contributed by atoms with E-state index in [0.29, 0.717) is 23.7 Å². The number of aromatic carboxylic acids is 1. The van der Waals surface area contributed by atoms with Crippen molar-refractivity contribution in [2.24, 2.45) is 5.92 Å². The molecule has 0 bridgehead atoms. The zero-order valence-corrected chi connectivity index (χ0v) is 14.8. The van der Waals surface area contributed by atoms with E-state index in [4.69, 9.17) is 9.84 Å². The minimum Gasteiger partial charge on any atom is -0.492 e. The molecular formula is C20H20N2O5. The third-order valence-corrected chi connectivity index (χ3v) is 4.33. The Labute approximate surface area is 156 Å². The van der Waals surface area contributed by atoms with Crippen molar-refractivity contribution in [1.82, 2.24) is 0 Å². The van der Waals surface area contributed by atoms with Crippen LogP contribution >= 0.6 is 0 Å². The summed E-state index contributed by atoms with van der Waals surface area (Å²) in [5.74, 6) is -1.46. The van der Waals surface area contributed by atoms with Gasteiger partial charge >= 0.3 is 5.97 Å². The number of nitrogens with one attached hydrogen (secondary N) is 1. The number of carbonyl (C=O) groups excluding carboxylic acids is 2. The van der Waals surface area contributed by atoms with Crippen LogP contribution in [0.25, 0.3) is 0 Å². The van der Waals surface area contributed by atoms with Gasteiger partial charge in [0.25, 0.3) is 0 Å². The van der Waals surface area contributed by atoms with Crippen LogP contribution < -0.4 is 15.0 Å². The topological polar surface area (TPSA) is 95.9 Å². The van der Waals surface area contributed by atoms with Crippen LogP contribution in [0.1, 0.15) is 23.7 Å². The first-order valence-electron chi connectivity index (χ1n) is 8.66. The highest BCUT2D eigenvalue weighted by atomic mass is 16.5. The number of carbonyl (C=O) groups is 3. The van der Waals surface area contributed by atoms with Crippen LogP contribution in [0.15, 0.2) is 48.5 Å². The molecule has 0 spiro atoms. The molecule has 1 saturated heterocycles. The summed E-state index contributed by atoms with van der Waals surface area (Å²) < 4.78 is 5.57. The van der Waals surface area contributed by atoms with Crippen LogP contribution in [0, 0.1) is 5.92 Å². The van der Waals surface area contributed by atoms with Gasteiger partial charge in [0.15, 0.2) is 0 Å². The van der Waals surface area contributed by atoms with Crippen LogP contribution in [-0.2, 0) is 9.59 Å². The predicted molar refractivity (Wildman–Crippen MR) is 100 cm³/mol. The van der Waals surface area contributed by atoms with Crippen LogP contribution in [0.5, 0.6) is 5.75 Å². The molecule has 140 valence electrons. The van der Waals surface area contributed by atoms with E-state index in [1.807, 2.05) is 19.1 Å². The molecule has 3 rings (SSSR count). The van der Waals surface area contributed by atoms with Gasteiger partial charge in [0, 0.05) is 18.7 Å². The normalized spacial score (nSPS) is 16.3. The molecule has 0 radical (unpaired) electrons. The van der Waals surface area contributed by atoms with Gasteiger partial charge in [0.05, 0.1) is 23.8 Å². The van der Waals surface area contributed by atoms with Gasteiger partial charge in [0.1, 0.15) is 5.75 Å². The summed E-state index contributed by atoms with van der Waals surface area (Å²) in [5, 5.41) is 11.7. The second kappa shape index (κ2) is 7.90. The van der Waals surface area contributed by atoms with E-state index in [-0.39, 0.29) is 30.3 Å². The Hall–Kier alpha value is -3.35. The van der Waals surface area contributed by atoms with Crippen LogP contribution in [0.4, 0.5) is 11.4 Å². The minimum absolute atomic E-state index is 0.0857. The zero-order chi connectivity index (χ0) is 19.4. The molecule has 2 aromatic rings. The number of ether oxygens (including phenoxy) is 1. The fraction of sp³-hybridized carbons (Fsp3) is 0.250. The Morgan fingerprint density at radius 1 is 1.22 bits per heavy atom. The molecule has 2 aromatic carbocycles. The van der Waals surface area contributed by atoms with E-state index < -0.39 is 11.9 Å². The first-order valence-corrected chi connectivity index (χ1v) is 8.66. The third-order valence-electron chi connectivity index (χ3n) is 4.33. The molecule has 1 unspecified atom stereocenters. The first-order chi connectivity index (χ1) is 13.0. The Morgan fingerprint density at radius 3 is 2.74 bits per heavy atom. The maximum absolute atomic E-state index is 12.6. The molecule has 0 aromatic heterocycles. The van der Waals surface area contributed by atoms with Gasteiger partial charge in [-0.2, -0.15) is 0 Å². The number of hydrogen-bond acceptors (Lipinski definition) is 4. The highest BCUT2D eigenvalue weighted by Crippen LogP contribution is 2.33. The smallest absolute Gasteiger partial charge is 0.335 e. The molecule has 0 aliphatic carbocycles. The quantitative estimate of drug-likeness (QED) is 0.817. The van der Waals surface area contributed by atoms with E-state index >= 15 is 0 Å². The Kier molecular flexibility index (Phi) is 5.40. The molecule has 1 fully saturated rings. The van der Waals surface area contributed by atoms with E-state index in [1.54, 1.807) is 29.2 Å². The van der Waals surface area contributed by atoms with Crippen molar-refractivity contribution in [1.29, 1.82) is 0 Å². The number of rotatable bonds is 6. The molecule has 1 atom stereocenters. The van der Waals surface area contributed by atoms with Crippen molar-refractivity contribution in [3.8, 4) is 5.75 Å². The molecular weight excluding hydrogens is 348 g/mol. The Balaban J connectivity index is 1.73. The summed E-state index contributed by atoms with van der Waals surface area (Å²) in [6.07, 6.45) is 0.0882. The standard InChI is InChI=1S/C20H20N2O5/c1-2-27-17-9-4-3-8-16(17)22-12-14(11-18(22)23)19(24)21-15-7-5-6-13(10-15)20(25)26/h3-10,14H,2,11-12H2,1H3,(H,21,24)(H,25,26). The average Bonchev–Trinajstić information content (AvgIpc) is 3.04. The largest absolute Gasteiger partial charge is 0.492 e. The number of hydrogen-bond donors (Lipinski definition) is 2. The number of benzene rings is 2. The maximum Gasteiger partial charge on any atom is 0.335 e. The number of carboxylic acids is 1. The number of amides is 2. The number of para-hydroxylation sites is 2. The van der Waals surface area contributed by atoms with Gasteiger partial charge in [-0.05, 0) is 37.3 Å². The molecule has 7 heteroatoms. The van der Waals surface area contributed by atoms with Gasteiger partial charge in [-0.3, -0.25) is 9.59 Å². The SMILES string of the molecule is CCOc1ccccc1N1CC(C(=O)Nc2cccc(C(=O)O)c2)CC1=O. The Morgan fingerprint density at radius 2 is 2.00 bits per heavy atom. The summed E-state index contributed by atoms with van der Waals surface area (Å²) in [5.41, 5.74) is 1.12. The highest BCUT2D eigenvalue weighted by molar-refractivity contribution is 6.04. The van der Waals surface area contributed by atoms with E-state index in [2.05, 4.69) is 5.32 Å². The summed E-state index contributed by atoms with van der Waals surface area (Å²) in [7, 11) is 0. The molecule has 27 heavy (non-hydrogen) atoms. The van der Waals surface area contributed by atoms with Crippen molar-refractivity contribution in [2.75, 3.05) is 23.4 Å². The van der Waals surface area contributed by atoms with E-state index in [0.717, 1.165) is 0 Å². The van der Waals surface area contributed by atoms with Crippen molar-refractivity contribution >= 4 is 29.2 Å². The summed E-state index contributed by atoms with van der Waals surface area (Å²) in [6, 6.07) is 13.2. The van der Waals surface area contributed by atoms with Gasteiger partial charge in [-0.25, -0.2) is 4.79 Å². The maximum atomic E-state index is 12.6. The average molecular weight is 368 g/mol. The zero-order valence-electron chi connectivity index (χ0n) is 14.8. The lowest BCUT2D eigenvalue weighted by molar-refractivity contribution is -0.122. The molecule has 2 N–H and O–H groups in total. The molecule has 2 amide bonds. The van der Waals surface area contributed by atoms with Gasteiger partial charge in [0.2, 0.25) is 11.8 Å². The van der Waals surface area contributed by atoms with Gasteiger partial charge in [-0.15, -0.1) is 0 Å². The van der Waals surface area contributed by atoms with Crippen molar-refractivity contribution in [3.63, 3.8) is 0 Å². The first kappa shape index (κ1) is 18.4. The van der Waals surface area contributed by atoms with Crippen LogP contribution in [-0.4, -0.2) is 36.0 Å². The molecule has 1 aliphatic rings. The molecule has 1 aliphatic heterocycles. The fourth-order valence-electron chi connectivity index (χ4n) is 3.05. The lowest BCUT2D eigenvalue weighted by Crippen LogP contribution is -2.28. The van der Waals surface area contributed by atoms with Crippen molar-refractivity contribution in [2.45, 2.75) is 13.3 Å². The minimum atomic E-state index is -1.07. The third kappa shape index (κ3) is 4.08. The van der Waals surface area contributed by atoms with E-state index in [1.165, 1.54) is 12.1 Å². The van der Waals surface area contributed by atoms with E-state index in [9.17, 15) is 14.4 Å². The highest BCUT2D eigenvalue weighted by Gasteiger charge is 2.36. The molecule has 1 heterocycles. The summed E-state index contributed by atoms with van der Waals surface area (Å²) in [4.78, 5) is 37.6. The molecule has 7 nitrogen and oxygen atoms in total. The van der Waals surface area contributed by atoms with Crippen LogP contribution in [0.3, 0.4) is 0 Å². The summed E-state index contributed by atoms with van der Waals surface area (Å²) >= 11 is 0. The number of anilines is 2. The van der Waals surface area contributed by atoms with Crippen molar-refractivity contribution in [3.05, 3.63) is 54.1 Å². The monoisotopic (exact) mass is 368 g/mol. The van der Waals surface area contributed by atoms with Crippen LogP contribution in [0.2, 0.25) is 0 Å². The number of nitrogens with zero attached hydrogens (tertiary/aromatic N) is 1. The second-order valence-corrected chi connectivity index (χ2v) is 6.18. The fourth-order valence-corrected chi connectivity index (χ4v) is 3.05.